The molecule has 6 heavy (non-hydrogen) atoms. The average Bonchev–Trinajstić information content (AvgIpc) is 1.38. The molecule has 4 nitrogen and oxygen atoms in total. The van der Waals surface area contributed by atoms with Gasteiger partial charge in [-0.2, -0.15) is 5.26 Å². The van der Waals surface area contributed by atoms with E-state index in [-0.39, 0.29) is 38.2 Å². The molecule has 0 atom stereocenters. The predicted molar refractivity (Wildman–Crippen MR) is 11.7 cm³/mol. The molecular weight excluding hydrogens is 239 g/mol. The Morgan fingerprint density at radius 3 is 1.83 bits per heavy atom. The van der Waals surface area contributed by atoms with Gasteiger partial charge in [0, 0.05) is 38.2 Å². The SMILES string of the molecule is O=C(O)OO.[Dy]. The van der Waals surface area contributed by atoms with Crippen molar-refractivity contribution in [2.24, 2.45) is 0 Å². The Morgan fingerprint density at radius 1 is 1.67 bits per heavy atom. The maximum Gasteiger partial charge on any atom is 0.537 e. The smallest absolute Gasteiger partial charge is 0.448 e. The van der Waals surface area contributed by atoms with Crippen molar-refractivity contribution in [1.29, 1.82) is 0 Å². The zero-order chi connectivity index (χ0) is 4.28. The van der Waals surface area contributed by atoms with Gasteiger partial charge in [0.25, 0.3) is 0 Å². The maximum atomic E-state index is 8.90. The van der Waals surface area contributed by atoms with E-state index in [0.717, 1.165) is 0 Å². The number of hydrogen-bond acceptors (Lipinski definition) is 3. The predicted octanol–water partition coefficient (Wildman–Crippen LogP) is 0.154. The van der Waals surface area contributed by atoms with Gasteiger partial charge in [-0.05, 0) is 0 Å². The standard InChI is InChI=1S/CH2O4.Dy/c2-1(3)5-4;/h4H,(H,2,3);. The van der Waals surface area contributed by atoms with Crippen molar-refractivity contribution in [2.75, 3.05) is 0 Å². The molecule has 0 radical (unpaired) electrons. The van der Waals surface area contributed by atoms with E-state index in [0.29, 0.717) is 0 Å². The first-order valence-electron chi connectivity index (χ1n) is 0.814. The third-order valence-electron chi connectivity index (χ3n) is 0.0781. The van der Waals surface area contributed by atoms with Gasteiger partial charge in [0.15, 0.2) is 0 Å². The Balaban J connectivity index is 0. The summed E-state index contributed by atoms with van der Waals surface area (Å²) >= 11 is 0. The van der Waals surface area contributed by atoms with Crippen LogP contribution in [-0.2, 0) is 4.89 Å². The van der Waals surface area contributed by atoms with Crippen LogP contribution in [0.1, 0.15) is 0 Å². The summed E-state index contributed by atoms with van der Waals surface area (Å²) in [6.07, 6.45) is -1.69. The largest absolute Gasteiger partial charge is 0.537 e. The fraction of sp³-hybridized carbons (Fsp3) is 0. The second-order valence-electron chi connectivity index (χ2n) is 0.357. The second-order valence-corrected chi connectivity index (χ2v) is 0.357. The van der Waals surface area contributed by atoms with Crippen molar-refractivity contribution in [2.45, 2.75) is 0 Å². The molecule has 0 rings (SSSR count). The Morgan fingerprint density at radius 2 is 1.83 bits per heavy atom. The van der Waals surface area contributed by atoms with Crippen molar-refractivity contribution in [1.82, 2.24) is 0 Å². The van der Waals surface area contributed by atoms with Crippen molar-refractivity contribution >= 4 is 6.16 Å². The van der Waals surface area contributed by atoms with Gasteiger partial charge in [-0.25, -0.2) is 4.79 Å². The van der Waals surface area contributed by atoms with Gasteiger partial charge in [-0.15, -0.1) is 0 Å². The van der Waals surface area contributed by atoms with Crippen molar-refractivity contribution < 1.29 is 58.2 Å². The van der Waals surface area contributed by atoms with Crippen molar-refractivity contribution in [3.8, 4) is 0 Å². The van der Waals surface area contributed by atoms with Crippen LogP contribution in [0.15, 0.2) is 0 Å². The quantitative estimate of drug-likeness (QED) is 0.467. The third kappa shape index (κ3) is 8.82. The van der Waals surface area contributed by atoms with E-state index < -0.39 is 6.16 Å². The van der Waals surface area contributed by atoms with E-state index in [9.17, 15) is 0 Å². The average molecular weight is 241 g/mol. The first kappa shape index (κ1) is 9.71. The van der Waals surface area contributed by atoms with Crippen LogP contribution in [0.25, 0.3) is 0 Å². The minimum atomic E-state index is -1.69. The van der Waals surface area contributed by atoms with Crippen LogP contribution in [0, 0.1) is 38.2 Å². The van der Waals surface area contributed by atoms with E-state index >= 15 is 0 Å². The van der Waals surface area contributed by atoms with Crippen LogP contribution >= 0.6 is 0 Å². The summed E-state index contributed by atoms with van der Waals surface area (Å²) in [5.41, 5.74) is 0. The minimum absolute atomic E-state index is 0. The fourth-order valence-corrected chi connectivity index (χ4v) is 0. The fourth-order valence-electron chi connectivity index (χ4n) is 0. The summed E-state index contributed by atoms with van der Waals surface area (Å²) in [7, 11) is 0. The van der Waals surface area contributed by atoms with E-state index in [2.05, 4.69) is 4.89 Å². The van der Waals surface area contributed by atoms with Gasteiger partial charge >= 0.3 is 6.16 Å². The van der Waals surface area contributed by atoms with Gasteiger partial charge in [0.1, 0.15) is 0 Å². The first-order valence-corrected chi connectivity index (χ1v) is 0.814. The maximum absolute atomic E-state index is 8.90. The Kier molecular flexibility index (Phi) is 8.91. The van der Waals surface area contributed by atoms with Gasteiger partial charge in [-0.1, -0.05) is 0 Å². The number of hydrogen-bond donors (Lipinski definition) is 2. The molecule has 0 spiro atoms. The summed E-state index contributed by atoms with van der Waals surface area (Å²) in [5.74, 6) is 0. The molecule has 0 aromatic carbocycles. The molecule has 0 aromatic rings. The molecule has 0 saturated heterocycles. The molecule has 0 aliphatic heterocycles. The van der Waals surface area contributed by atoms with E-state index in [4.69, 9.17) is 15.2 Å². The molecule has 0 bridgehead atoms. The molecule has 40 valence electrons. The molecule has 0 unspecified atom stereocenters. The second kappa shape index (κ2) is 5.50. The normalized spacial score (nSPS) is 5.50. The molecule has 2 N–H and O–H groups in total. The molecule has 0 aromatic heterocycles. The van der Waals surface area contributed by atoms with Gasteiger partial charge in [0.05, 0.1) is 0 Å². The molecule has 5 heteroatoms. The first-order chi connectivity index (χ1) is 2.27. The summed E-state index contributed by atoms with van der Waals surface area (Å²) in [6.45, 7) is 0. The Bertz CT molecular complexity index is 42.8. The topological polar surface area (TPSA) is 66.8 Å². The Labute approximate surface area is 64.1 Å². The zero-order valence-electron chi connectivity index (χ0n) is 2.53. The molecule has 0 aliphatic carbocycles. The van der Waals surface area contributed by atoms with Crippen LogP contribution in [-0.4, -0.2) is 16.5 Å². The zero-order valence-corrected chi connectivity index (χ0v) is 4.56. The number of carboxylic acid groups (broad SMARTS) is 1. The van der Waals surface area contributed by atoms with Crippen LogP contribution < -0.4 is 0 Å². The van der Waals surface area contributed by atoms with Crippen LogP contribution in [0.5, 0.6) is 0 Å². The molecule has 0 fully saturated rings. The van der Waals surface area contributed by atoms with Crippen LogP contribution in [0.3, 0.4) is 0 Å². The molecule has 0 saturated carbocycles. The third-order valence-corrected chi connectivity index (χ3v) is 0.0781. The molecule has 0 heterocycles. The Hall–Kier alpha value is 0.503. The molecule has 0 amide bonds. The van der Waals surface area contributed by atoms with E-state index in [1.807, 2.05) is 0 Å². The van der Waals surface area contributed by atoms with Gasteiger partial charge in [0.2, 0.25) is 0 Å². The van der Waals surface area contributed by atoms with E-state index in [1.54, 1.807) is 0 Å². The van der Waals surface area contributed by atoms with Crippen molar-refractivity contribution in [3.05, 3.63) is 0 Å². The number of carbonyl (C=O) groups is 1. The molecular formula is CH2DyO4. The van der Waals surface area contributed by atoms with Crippen LogP contribution in [0.4, 0.5) is 4.79 Å². The summed E-state index contributed by atoms with van der Waals surface area (Å²) in [6, 6.07) is 0. The summed E-state index contributed by atoms with van der Waals surface area (Å²) < 4.78 is 0. The van der Waals surface area contributed by atoms with Gasteiger partial charge in [-0.3, -0.25) is 4.89 Å². The minimum Gasteiger partial charge on any atom is -0.448 e. The van der Waals surface area contributed by atoms with Gasteiger partial charge < -0.3 is 5.11 Å². The van der Waals surface area contributed by atoms with E-state index in [1.165, 1.54) is 0 Å². The van der Waals surface area contributed by atoms with Crippen molar-refractivity contribution in [3.63, 3.8) is 0 Å². The van der Waals surface area contributed by atoms with Crippen LogP contribution in [0.2, 0.25) is 0 Å². The summed E-state index contributed by atoms with van der Waals surface area (Å²) in [5, 5.41) is 14.3. The number of rotatable bonds is 0. The molecule has 0 aliphatic rings. The monoisotopic (exact) mass is 242 g/mol. The summed E-state index contributed by atoms with van der Waals surface area (Å²) in [4.78, 5) is 11.6.